The van der Waals surface area contributed by atoms with Crippen molar-refractivity contribution in [3.05, 3.63) is 29.0 Å². The maximum absolute atomic E-state index is 13.4. The molecule has 1 aromatic rings. The fraction of sp³-hybridized carbons (Fsp3) is 0.500. The molecule has 7 heteroatoms. The van der Waals surface area contributed by atoms with Crippen LogP contribution in [0.5, 0.6) is 5.75 Å². The number of hydrogen-bond acceptors (Lipinski definition) is 3. The summed E-state index contributed by atoms with van der Waals surface area (Å²) in [4.78, 5) is 0. The number of benzene rings is 1. The average Bonchev–Trinajstić information content (AvgIpc) is 2.29. The van der Waals surface area contributed by atoms with Crippen LogP contribution in [0.2, 0.25) is 5.02 Å². The number of nitrogens with two attached hydrogens (primary N) is 1. The van der Waals surface area contributed by atoms with Crippen molar-refractivity contribution >= 4 is 21.6 Å². The smallest absolute Gasteiger partial charge is 0.209 e. The lowest BCUT2D eigenvalue weighted by Crippen LogP contribution is -2.18. The molecule has 0 aliphatic rings. The molecule has 0 radical (unpaired) electrons. The molecule has 4 nitrogen and oxygen atoms in total. The molecule has 0 fully saturated rings. The number of primary sulfonamides is 1. The predicted octanol–water partition coefficient (Wildman–Crippen LogP) is 2.56. The van der Waals surface area contributed by atoms with E-state index in [9.17, 15) is 12.8 Å². The normalized spacial score (nSPS) is 13.3. The number of para-hydroxylation sites is 1. The summed E-state index contributed by atoms with van der Waals surface area (Å²) in [6, 6.07) is 4.31. The first-order valence-electron chi connectivity index (χ1n) is 5.87. The summed E-state index contributed by atoms with van der Waals surface area (Å²) in [5.74, 6) is -0.425. The molecule has 1 unspecified atom stereocenters. The van der Waals surface area contributed by atoms with Gasteiger partial charge in [-0.05, 0) is 30.9 Å². The van der Waals surface area contributed by atoms with Gasteiger partial charge in [0.15, 0.2) is 11.6 Å². The van der Waals surface area contributed by atoms with Gasteiger partial charge in [0.1, 0.15) is 0 Å². The SMILES string of the molecule is CC(CCOc1c(F)cccc1Cl)CCS(N)(=O)=O. The van der Waals surface area contributed by atoms with E-state index in [-0.39, 0.29) is 29.0 Å². The topological polar surface area (TPSA) is 69.4 Å². The molecule has 19 heavy (non-hydrogen) atoms. The Morgan fingerprint density at radius 3 is 2.68 bits per heavy atom. The minimum absolute atomic E-state index is 0.0304. The van der Waals surface area contributed by atoms with Gasteiger partial charge in [0, 0.05) is 0 Å². The Morgan fingerprint density at radius 1 is 1.42 bits per heavy atom. The molecular weight excluding hydrogens is 293 g/mol. The molecule has 0 aliphatic carbocycles. The van der Waals surface area contributed by atoms with Crippen LogP contribution in [0.4, 0.5) is 4.39 Å². The first-order chi connectivity index (χ1) is 8.79. The highest BCUT2D eigenvalue weighted by molar-refractivity contribution is 7.89. The van der Waals surface area contributed by atoms with Crippen molar-refractivity contribution in [2.24, 2.45) is 11.1 Å². The van der Waals surface area contributed by atoms with Crippen LogP contribution in [-0.2, 0) is 10.0 Å². The van der Waals surface area contributed by atoms with E-state index in [4.69, 9.17) is 21.5 Å². The summed E-state index contributed by atoms with van der Waals surface area (Å²) in [6.45, 7) is 2.16. The van der Waals surface area contributed by atoms with Gasteiger partial charge in [-0.1, -0.05) is 24.6 Å². The fourth-order valence-corrected chi connectivity index (χ4v) is 2.44. The van der Waals surface area contributed by atoms with Gasteiger partial charge in [0.25, 0.3) is 0 Å². The van der Waals surface area contributed by atoms with Crippen molar-refractivity contribution in [1.82, 2.24) is 0 Å². The van der Waals surface area contributed by atoms with Gasteiger partial charge in [-0.2, -0.15) is 0 Å². The van der Waals surface area contributed by atoms with Crippen LogP contribution in [0.1, 0.15) is 19.8 Å². The molecule has 2 N–H and O–H groups in total. The first kappa shape index (κ1) is 16.2. The van der Waals surface area contributed by atoms with E-state index < -0.39 is 15.8 Å². The van der Waals surface area contributed by atoms with Gasteiger partial charge in [-0.3, -0.25) is 0 Å². The van der Waals surface area contributed by atoms with Crippen LogP contribution in [0.3, 0.4) is 0 Å². The molecule has 1 rings (SSSR count). The van der Waals surface area contributed by atoms with Crippen molar-refractivity contribution < 1.29 is 17.5 Å². The van der Waals surface area contributed by atoms with Crippen LogP contribution in [-0.4, -0.2) is 20.8 Å². The minimum Gasteiger partial charge on any atom is -0.489 e. The highest BCUT2D eigenvalue weighted by atomic mass is 35.5. The standard InChI is InChI=1S/C12H17ClFNO3S/c1-9(6-8-19(15,16)17)5-7-18-12-10(13)3-2-4-11(12)14/h2-4,9H,5-8H2,1H3,(H2,15,16,17). The second-order valence-electron chi connectivity index (χ2n) is 4.45. The second-order valence-corrected chi connectivity index (χ2v) is 6.59. The molecule has 0 aromatic heterocycles. The number of sulfonamides is 1. The van der Waals surface area contributed by atoms with Crippen molar-refractivity contribution in [1.29, 1.82) is 0 Å². The Balaban J connectivity index is 2.38. The molecule has 0 spiro atoms. The third kappa shape index (κ3) is 6.22. The number of halogens is 2. The number of ether oxygens (including phenoxy) is 1. The summed E-state index contributed by atoms with van der Waals surface area (Å²) >= 11 is 5.80. The number of hydrogen-bond donors (Lipinski definition) is 1. The van der Waals surface area contributed by atoms with Gasteiger partial charge in [-0.25, -0.2) is 17.9 Å². The maximum Gasteiger partial charge on any atom is 0.209 e. The lowest BCUT2D eigenvalue weighted by Gasteiger charge is -2.12. The van der Waals surface area contributed by atoms with Gasteiger partial charge >= 0.3 is 0 Å². The molecule has 108 valence electrons. The maximum atomic E-state index is 13.4. The molecule has 1 aromatic carbocycles. The van der Waals surface area contributed by atoms with Gasteiger partial charge < -0.3 is 4.74 Å². The number of rotatable bonds is 7. The van der Waals surface area contributed by atoms with E-state index in [1.54, 1.807) is 6.07 Å². The first-order valence-corrected chi connectivity index (χ1v) is 7.96. The Morgan fingerprint density at radius 2 is 2.11 bits per heavy atom. The van der Waals surface area contributed by atoms with E-state index in [1.165, 1.54) is 12.1 Å². The molecule has 1 atom stereocenters. The summed E-state index contributed by atoms with van der Waals surface area (Å²) in [5, 5.41) is 5.14. The van der Waals surface area contributed by atoms with Crippen LogP contribution in [0, 0.1) is 11.7 Å². The van der Waals surface area contributed by atoms with Crippen molar-refractivity contribution in [2.75, 3.05) is 12.4 Å². The van der Waals surface area contributed by atoms with Gasteiger partial charge in [0.05, 0.1) is 17.4 Å². The largest absolute Gasteiger partial charge is 0.489 e. The molecular formula is C12H17ClFNO3S. The highest BCUT2D eigenvalue weighted by Crippen LogP contribution is 2.27. The lowest BCUT2D eigenvalue weighted by atomic mass is 10.1. The summed E-state index contributed by atoms with van der Waals surface area (Å²) in [5.41, 5.74) is 0. The quantitative estimate of drug-likeness (QED) is 0.841. The van der Waals surface area contributed by atoms with Crippen LogP contribution < -0.4 is 9.88 Å². The van der Waals surface area contributed by atoms with E-state index >= 15 is 0 Å². The molecule has 0 saturated carbocycles. The van der Waals surface area contributed by atoms with Gasteiger partial charge in [-0.15, -0.1) is 0 Å². The monoisotopic (exact) mass is 309 g/mol. The van der Waals surface area contributed by atoms with Crippen molar-refractivity contribution in [3.63, 3.8) is 0 Å². The zero-order chi connectivity index (χ0) is 14.5. The van der Waals surface area contributed by atoms with E-state index in [0.29, 0.717) is 12.8 Å². The van der Waals surface area contributed by atoms with E-state index in [2.05, 4.69) is 0 Å². The molecule has 0 aliphatic heterocycles. The average molecular weight is 310 g/mol. The van der Waals surface area contributed by atoms with Crippen LogP contribution in [0.15, 0.2) is 18.2 Å². The van der Waals surface area contributed by atoms with E-state index in [1.807, 2.05) is 6.92 Å². The minimum atomic E-state index is -3.43. The van der Waals surface area contributed by atoms with Crippen molar-refractivity contribution in [2.45, 2.75) is 19.8 Å². The second kappa shape index (κ2) is 7.07. The molecule has 0 bridgehead atoms. The van der Waals surface area contributed by atoms with E-state index in [0.717, 1.165) is 0 Å². The highest BCUT2D eigenvalue weighted by Gasteiger charge is 2.11. The van der Waals surface area contributed by atoms with Crippen LogP contribution in [0.25, 0.3) is 0 Å². The summed E-state index contributed by atoms with van der Waals surface area (Å²) < 4.78 is 40.3. The van der Waals surface area contributed by atoms with Crippen molar-refractivity contribution in [3.8, 4) is 5.75 Å². The molecule has 0 saturated heterocycles. The third-order valence-corrected chi connectivity index (χ3v) is 3.77. The Labute approximate surface area is 117 Å². The predicted molar refractivity (Wildman–Crippen MR) is 73.3 cm³/mol. The third-order valence-electron chi connectivity index (χ3n) is 2.67. The zero-order valence-corrected chi connectivity index (χ0v) is 12.2. The Bertz CT molecular complexity index is 501. The zero-order valence-electron chi connectivity index (χ0n) is 10.6. The summed E-state index contributed by atoms with van der Waals surface area (Å²) in [6.07, 6.45) is 1.05. The molecule has 0 amide bonds. The lowest BCUT2D eigenvalue weighted by molar-refractivity contribution is 0.270. The Kier molecular flexibility index (Phi) is 6.03. The fourth-order valence-electron chi connectivity index (χ4n) is 1.49. The van der Waals surface area contributed by atoms with Gasteiger partial charge in [0.2, 0.25) is 10.0 Å². The molecule has 0 heterocycles. The van der Waals surface area contributed by atoms with Crippen LogP contribution >= 0.6 is 11.6 Å². The summed E-state index contributed by atoms with van der Waals surface area (Å²) in [7, 11) is -3.43. The Hall–Kier alpha value is -0.850.